The lowest BCUT2D eigenvalue weighted by Crippen LogP contribution is -2.25. The maximum absolute atomic E-state index is 13.3. The van der Waals surface area contributed by atoms with Crippen molar-refractivity contribution in [3.05, 3.63) is 82.4 Å². The van der Waals surface area contributed by atoms with E-state index >= 15 is 0 Å². The van der Waals surface area contributed by atoms with Gasteiger partial charge in [-0.1, -0.05) is 61.7 Å². The summed E-state index contributed by atoms with van der Waals surface area (Å²) in [5.74, 6) is 1.07. The molecule has 150 valence electrons. The van der Waals surface area contributed by atoms with Gasteiger partial charge in [-0.25, -0.2) is 4.98 Å². The molecule has 1 fully saturated rings. The van der Waals surface area contributed by atoms with Crippen LogP contribution in [0, 0.1) is 0 Å². The van der Waals surface area contributed by atoms with Crippen LogP contribution in [0.15, 0.2) is 70.6 Å². The van der Waals surface area contributed by atoms with Gasteiger partial charge in [0.05, 0.1) is 17.1 Å². The fraction of sp³-hybridized carbons (Fsp3) is 0.240. The molecular weight excluding hydrogens is 374 g/mol. The molecule has 5 rings (SSSR count). The molecular formula is C25H23N3O2. The standard InChI is InChI=1S/C25H23N3O2/c29-23-15-14-17-8-4-5-11-19(17)21(23)16-26-28-24(18-9-2-1-3-10-18)27-22-13-7-6-12-20(22)25(28)30/h4-8,11-16,18,29H,1-3,9-10H2. The first-order chi connectivity index (χ1) is 14.7. The molecule has 0 bridgehead atoms. The summed E-state index contributed by atoms with van der Waals surface area (Å²) in [7, 11) is 0. The van der Waals surface area contributed by atoms with Crippen LogP contribution in [-0.2, 0) is 0 Å². The van der Waals surface area contributed by atoms with E-state index in [1.807, 2.05) is 48.5 Å². The summed E-state index contributed by atoms with van der Waals surface area (Å²) in [4.78, 5) is 18.2. The van der Waals surface area contributed by atoms with E-state index in [-0.39, 0.29) is 17.2 Å². The number of fused-ring (bicyclic) bond motifs is 2. The maximum Gasteiger partial charge on any atom is 0.282 e. The minimum Gasteiger partial charge on any atom is -0.507 e. The van der Waals surface area contributed by atoms with Crippen molar-refractivity contribution in [2.24, 2.45) is 5.10 Å². The topological polar surface area (TPSA) is 67.5 Å². The largest absolute Gasteiger partial charge is 0.507 e. The summed E-state index contributed by atoms with van der Waals surface area (Å²) in [6, 6.07) is 18.8. The van der Waals surface area contributed by atoms with E-state index in [0.717, 1.165) is 42.3 Å². The van der Waals surface area contributed by atoms with Crippen molar-refractivity contribution in [1.29, 1.82) is 0 Å². The summed E-state index contributed by atoms with van der Waals surface area (Å²) >= 11 is 0. The van der Waals surface area contributed by atoms with Crippen LogP contribution in [0.2, 0.25) is 0 Å². The molecule has 0 aliphatic heterocycles. The van der Waals surface area contributed by atoms with Crippen molar-refractivity contribution in [3.63, 3.8) is 0 Å². The van der Waals surface area contributed by atoms with Gasteiger partial charge in [-0.15, -0.1) is 0 Å². The monoisotopic (exact) mass is 397 g/mol. The smallest absolute Gasteiger partial charge is 0.282 e. The van der Waals surface area contributed by atoms with E-state index in [9.17, 15) is 9.90 Å². The summed E-state index contributed by atoms with van der Waals surface area (Å²) in [6.45, 7) is 0. The van der Waals surface area contributed by atoms with Crippen LogP contribution in [-0.4, -0.2) is 21.0 Å². The van der Waals surface area contributed by atoms with Crippen molar-refractivity contribution in [2.75, 3.05) is 0 Å². The average Bonchev–Trinajstić information content (AvgIpc) is 2.80. The summed E-state index contributed by atoms with van der Waals surface area (Å²) in [6.07, 6.45) is 7.12. The van der Waals surface area contributed by atoms with Crippen LogP contribution in [0.5, 0.6) is 5.75 Å². The van der Waals surface area contributed by atoms with Crippen LogP contribution in [0.25, 0.3) is 21.7 Å². The fourth-order valence-corrected chi connectivity index (χ4v) is 4.41. The van der Waals surface area contributed by atoms with E-state index in [0.29, 0.717) is 16.5 Å². The summed E-state index contributed by atoms with van der Waals surface area (Å²) in [5.41, 5.74) is 1.14. The molecule has 1 heterocycles. The Bertz CT molecular complexity index is 1320. The van der Waals surface area contributed by atoms with Crippen molar-refractivity contribution < 1.29 is 5.11 Å². The number of phenols is 1. The average molecular weight is 397 g/mol. The van der Waals surface area contributed by atoms with Crippen LogP contribution in [0.4, 0.5) is 0 Å². The number of aromatic nitrogens is 2. The molecule has 3 aromatic carbocycles. The van der Waals surface area contributed by atoms with Gasteiger partial charge in [0, 0.05) is 11.5 Å². The molecule has 1 saturated carbocycles. The molecule has 4 aromatic rings. The Hall–Kier alpha value is -3.47. The highest BCUT2D eigenvalue weighted by Gasteiger charge is 2.22. The molecule has 0 spiro atoms. The number of hydrogen-bond acceptors (Lipinski definition) is 4. The third-order valence-corrected chi connectivity index (χ3v) is 6.00. The van der Waals surface area contributed by atoms with Gasteiger partial charge < -0.3 is 5.11 Å². The molecule has 0 atom stereocenters. The first-order valence-electron chi connectivity index (χ1n) is 10.5. The minimum atomic E-state index is -0.169. The Balaban J connectivity index is 1.70. The number of phenolic OH excluding ortho intramolecular Hbond substituents is 1. The van der Waals surface area contributed by atoms with Gasteiger partial charge in [-0.3, -0.25) is 4.79 Å². The molecule has 0 unspecified atom stereocenters. The predicted octanol–water partition coefficient (Wildman–Crippen LogP) is 5.19. The summed E-state index contributed by atoms with van der Waals surface area (Å²) in [5, 5.41) is 17.5. The highest BCUT2D eigenvalue weighted by Crippen LogP contribution is 2.32. The van der Waals surface area contributed by atoms with Crippen molar-refractivity contribution >= 4 is 27.9 Å². The lowest BCUT2D eigenvalue weighted by atomic mass is 9.88. The Morgan fingerprint density at radius 1 is 0.933 bits per heavy atom. The molecule has 30 heavy (non-hydrogen) atoms. The molecule has 1 aromatic heterocycles. The highest BCUT2D eigenvalue weighted by molar-refractivity contribution is 6.02. The first kappa shape index (κ1) is 18.6. The lowest BCUT2D eigenvalue weighted by molar-refractivity contribution is 0.416. The van der Waals surface area contributed by atoms with Gasteiger partial charge >= 0.3 is 0 Å². The first-order valence-corrected chi connectivity index (χ1v) is 10.5. The SMILES string of the molecule is O=c1c2ccccc2nc(C2CCCCC2)n1N=Cc1c(O)ccc2ccccc12. The third kappa shape index (κ3) is 3.26. The Kier molecular flexibility index (Phi) is 4.79. The van der Waals surface area contributed by atoms with Crippen molar-refractivity contribution in [2.45, 2.75) is 38.0 Å². The molecule has 5 heteroatoms. The second kappa shape index (κ2) is 7.75. The normalized spacial score (nSPS) is 15.3. The quantitative estimate of drug-likeness (QED) is 0.484. The summed E-state index contributed by atoms with van der Waals surface area (Å²) < 4.78 is 1.44. The van der Waals surface area contributed by atoms with Gasteiger partial charge in [0.25, 0.3) is 5.56 Å². The number of benzene rings is 3. The molecule has 0 amide bonds. The van der Waals surface area contributed by atoms with Gasteiger partial charge in [-0.2, -0.15) is 9.78 Å². The van der Waals surface area contributed by atoms with Crippen molar-refractivity contribution in [1.82, 2.24) is 9.66 Å². The number of nitrogens with zero attached hydrogens (tertiary/aromatic N) is 3. The van der Waals surface area contributed by atoms with Gasteiger partial charge in [0.15, 0.2) is 0 Å². The van der Waals surface area contributed by atoms with Crippen LogP contribution < -0.4 is 5.56 Å². The van der Waals surface area contributed by atoms with E-state index in [1.165, 1.54) is 11.1 Å². The van der Waals surface area contributed by atoms with Crippen LogP contribution in [0.1, 0.15) is 49.4 Å². The molecule has 0 radical (unpaired) electrons. The predicted molar refractivity (Wildman–Crippen MR) is 120 cm³/mol. The van der Waals surface area contributed by atoms with E-state index < -0.39 is 0 Å². The second-order valence-corrected chi connectivity index (χ2v) is 7.90. The second-order valence-electron chi connectivity index (χ2n) is 7.90. The van der Waals surface area contributed by atoms with Crippen LogP contribution >= 0.6 is 0 Å². The fourth-order valence-electron chi connectivity index (χ4n) is 4.41. The van der Waals surface area contributed by atoms with E-state index in [2.05, 4.69) is 5.10 Å². The van der Waals surface area contributed by atoms with Crippen LogP contribution in [0.3, 0.4) is 0 Å². The van der Waals surface area contributed by atoms with E-state index in [4.69, 9.17) is 4.98 Å². The Morgan fingerprint density at radius 2 is 1.67 bits per heavy atom. The lowest BCUT2D eigenvalue weighted by Gasteiger charge is -2.22. The Morgan fingerprint density at radius 3 is 2.50 bits per heavy atom. The van der Waals surface area contributed by atoms with Crippen molar-refractivity contribution in [3.8, 4) is 5.75 Å². The molecule has 0 saturated heterocycles. The zero-order chi connectivity index (χ0) is 20.5. The number of hydrogen-bond donors (Lipinski definition) is 1. The minimum absolute atomic E-state index is 0.137. The number of aromatic hydroxyl groups is 1. The maximum atomic E-state index is 13.3. The van der Waals surface area contributed by atoms with Gasteiger partial charge in [0.1, 0.15) is 11.6 Å². The number of para-hydroxylation sites is 1. The van der Waals surface area contributed by atoms with Gasteiger partial charge in [-0.05, 0) is 41.8 Å². The van der Waals surface area contributed by atoms with Gasteiger partial charge in [0.2, 0.25) is 0 Å². The zero-order valence-electron chi connectivity index (χ0n) is 16.7. The van der Waals surface area contributed by atoms with E-state index in [1.54, 1.807) is 18.3 Å². The third-order valence-electron chi connectivity index (χ3n) is 6.00. The molecule has 1 aliphatic rings. The zero-order valence-corrected chi connectivity index (χ0v) is 16.7. The Labute approximate surface area is 174 Å². The highest BCUT2D eigenvalue weighted by atomic mass is 16.3. The number of rotatable bonds is 3. The molecule has 1 aliphatic carbocycles. The molecule has 5 nitrogen and oxygen atoms in total. The molecule has 1 N–H and O–H groups in total.